The summed E-state index contributed by atoms with van der Waals surface area (Å²) in [6.45, 7) is 1.24. The summed E-state index contributed by atoms with van der Waals surface area (Å²) in [4.78, 5) is 26.6. The van der Waals surface area contributed by atoms with Gasteiger partial charge in [0.05, 0.1) is 0 Å². The topological polar surface area (TPSA) is 54.3 Å². The van der Waals surface area contributed by atoms with Gasteiger partial charge >= 0.3 is 0 Å². The first-order chi connectivity index (χ1) is 11.1. The van der Waals surface area contributed by atoms with Gasteiger partial charge in [0.15, 0.2) is 0 Å². The van der Waals surface area contributed by atoms with Crippen LogP contribution in [0.5, 0.6) is 0 Å². The third kappa shape index (κ3) is 3.44. The first-order valence-electron chi connectivity index (χ1n) is 7.91. The lowest BCUT2D eigenvalue weighted by Gasteiger charge is -2.31. The van der Waals surface area contributed by atoms with Crippen LogP contribution < -0.4 is 5.32 Å². The fourth-order valence-electron chi connectivity index (χ4n) is 2.96. The number of anilines is 1. The third-order valence-electron chi connectivity index (χ3n) is 4.36. The summed E-state index contributed by atoms with van der Waals surface area (Å²) in [5, 5.41) is 2.95. The molecule has 0 bridgehead atoms. The lowest BCUT2D eigenvalue weighted by atomic mass is 9.95. The highest BCUT2D eigenvalue weighted by atomic mass is 16.2. The van der Waals surface area contributed by atoms with Gasteiger partial charge in [-0.2, -0.15) is 0 Å². The largest absolute Gasteiger partial charge is 0.347 e. The Morgan fingerprint density at radius 3 is 2.35 bits per heavy atom. The van der Waals surface area contributed by atoms with Crippen molar-refractivity contribution in [2.75, 3.05) is 18.4 Å². The second-order valence-electron chi connectivity index (χ2n) is 5.93. The number of aromatic nitrogens is 1. The van der Waals surface area contributed by atoms with E-state index in [1.54, 1.807) is 0 Å². The van der Waals surface area contributed by atoms with Crippen molar-refractivity contribution in [3.05, 3.63) is 54.4 Å². The third-order valence-corrected chi connectivity index (χ3v) is 4.36. The lowest BCUT2D eigenvalue weighted by Crippen LogP contribution is -2.42. The molecule has 1 N–H and O–H groups in total. The number of aryl methyl sites for hydroxylation is 1. The Kier molecular flexibility index (Phi) is 4.46. The van der Waals surface area contributed by atoms with Crippen LogP contribution in [0.15, 0.2) is 48.7 Å². The van der Waals surface area contributed by atoms with Crippen LogP contribution >= 0.6 is 0 Å². The van der Waals surface area contributed by atoms with E-state index in [1.165, 1.54) is 0 Å². The van der Waals surface area contributed by atoms with Crippen molar-refractivity contribution in [3.8, 4) is 0 Å². The first kappa shape index (κ1) is 15.3. The van der Waals surface area contributed by atoms with E-state index >= 15 is 0 Å². The van der Waals surface area contributed by atoms with Crippen molar-refractivity contribution in [3.63, 3.8) is 0 Å². The Morgan fingerprint density at radius 2 is 1.74 bits per heavy atom. The van der Waals surface area contributed by atoms with Gasteiger partial charge in [0.25, 0.3) is 5.91 Å². The van der Waals surface area contributed by atoms with Crippen molar-refractivity contribution in [1.29, 1.82) is 0 Å². The van der Waals surface area contributed by atoms with Crippen molar-refractivity contribution < 1.29 is 9.59 Å². The molecule has 1 aliphatic heterocycles. The van der Waals surface area contributed by atoms with Crippen LogP contribution in [-0.2, 0) is 11.8 Å². The van der Waals surface area contributed by atoms with Gasteiger partial charge in [-0.15, -0.1) is 0 Å². The number of piperidine rings is 1. The van der Waals surface area contributed by atoms with Gasteiger partial charge in [-0.05, 0) is 37.1 Å². The van der Waals surface area contributed by atoms with Crippen LogP contribution in [0.2, 0.25) is 0 Å². The Morgan fingerprint density at radius 1 is 1.04 bits per heavy atom. The summed E-state index contributed by atoms with van der Waals surface area (Å²) in [6, 6.07) is 13.2. The molecule has 0 unspecified atom stereocenters. The number of nitrogens with zero attached hydrogens (tertiary/aromatic N) is 2. The van der Waals surface area contributed by atoms with Crippen molar-refractivity contribution in [1.82, 2.24) is 9.47 Å². The van der Waals surface area contributed by atoms with Gasteiger partial charge in [0, 0.05) is 37.9 Å². The number of hydrogen-bond acceptors (Lipinski definition) is 2. The zero-order valence-electron chi connectivity index (χ0n) is 13.2. The van der Waals surface area contributed by atoms with Gasteiger partial charge in [0.1, 0.15) is 5.69 Å². The van der Waals surface area contributed by atoms with Gasteiger partial charge < -0.3 is 14.8 Å². The summed E-state index contributed by atoms with van der Waals surface area (Å²) < 4.78 is 1.83. The lowest BCUT2D eigenvalue weighted by molar-refractivity contribution is -0.121. The minimum Gasteiger partial charge on any atom is -0.347 e. The molecule has 2 amide bonds. The number of rotatable bonds is 3. The molecule has 1 fully saturated rings. The van der Waals surface area contributed by atoms with Crippen molar-refractivity contribution in [2.45, 2.75) is 12.8 Å². The molecule has 0 aliphatic carbocycles. The van der Waals surface area contributed by atoms with Gasteiger partial charge in [0.2, 0.25) is 5.91 Å². The van der Waals surface area contributed by atoms with E-state index in [-0.39, 0.29) is 17.7 Å². The maximum Gasteiger partial charge on any atom is 0.270 e. The Balaban J connectivity index is 1.55. The highest BCUT2D eigenvalue weighted by Crippen LogP contribution is 2.21. The van der Waals surface area contributed by atoms with Gasteiger partial charge in [-0.3, -0.25) is 9.59 Å². The molecule has 23 heavy (non-hydrogen) atoms. The summed E-state index contributed by atoms with van der Waals surface area (Å²) in [7, 11) is 1.87. The number of amides is 2. The van der Waals surface area contributed by atoms with Gasteiger partial charge in [-0.25, -0.2) is 0 Å². The Hall–Kier alpha value is -2.56. The number of benzene rings is 1. The van der Waals surface area contributed by atoms with E-state index < -0.39 is 0 Å². The Bertz CT molecular complexity index is 685. The minimum absolute atomic E-state index is 0.0346. The molecule has 3 rings (SSSR count). The molecule has 1 aromatic carbocycles. The van der Waals surface area contributed by atoms with E-state index in [1.807, 2.05) is 65.2 Å². The monoisotopic (exact) mass is 311 g/mol. The second kappa shape index (κ2) is 6.69. The number of likely N-dealkylation sites (tertiary alicyclic amines) is 1. The van der Waals surface area contributed by atoms with E-state index in [9.17, 15) is 9.59 Å². The molecule has 2 aromatic rings. The smallest absolute Gasteiger partial charge is 0.270 e. The fourth-order valence-corrected chi connectivity index (χ4v) is 2.96. The molecule has 5 nitrogen and oxygen atoms in total. The van der Waals surface area contributed by atoms with Crippen molar-refractivity contribution >= 4 is 17.5 Å². The molecule has 2 heterocycles. The summed E-state index contributed by atoms with van der Waals surface area (Å²) in [5.41, 5.74) is 1.51. The Labute approximate surface area is 135 Å². The van der Waals surface area contributed by atoms with Gasteiger partial charge in [-0.1, -0.05) is 18.2 Å². The maximum atomic E-state index is 12.5. The predicted molar refractivity (Wildman–Crippen MR) is 89.1 cm³/mol. The molecule has 0 saturated carbocycles. The van der Waals surface area contributed by atoms with E-state index in [4.69, 9.17) is 0 Å². The van der Waals surface area contributed by atoms with Crippen molar-refractivity contribution in [2.24, 2.45) is 13.0 Å². The molecule has 5 heteroatoms. The normalized spacial score (nSPS) is 15.4. The molecular weight excluding hydrogens is 290 g/mol. The standard InChI is InChI=1S/C18H21N3O2/c1-20-11-5-8-16(20)18(23)21-12-9-14(10-13-21)17(22)19-15-6-3-2-4-7-15/h2-8,11,14H,9-10,12-13H2,1H3,(H,19,22). The molecule has 1 saturated heterocycles. The van der Waals surface area contributed by atoms with Crippen LogP contribution in [0, 0.1) is 5.92 Å². The average Bonchev–Trinajstić information content (AvgIpc) is 3.01. The number of carbonyl (C=O) groups is 2. The highest BCUT2D eigenvalue weighted by molar-refractivity contribution is 5.94. The highest BCUT2D eigenvalue weighted by Gasteiger charge is 2.28. The fraction of sp³-hybridized carbons (Fsp3) is 0.333. The number of carbonyl (C=O) groups excluding carboxylic acids is 2. The number of para-hydroxylation sites is 1. The van der Waals surface area contributed by atoms with E-state index in [0.717, 1.165) is 5.69 Å². The van der Waals surface area contributed by atoms with Crippen LogP contribution in [-0.4, -0.2) is 34.4 Å². The zero-order chi connectivity index (χ0) is 16.2. The van der Waals surface area contributed by atoms with Crippen LogP contribution in [0.25, 0.3) is 0 Å². The minimum atomic E-state index is -0.0346. The van der Waals surface area contributed by atoms with Crippen LogP contribution in [0.4, 0.5) is 5.69 Å². The zero-order valence-corrected chi connectivity index (χ0v) is 13.2. The SMILES string of the molecule is Cn1cccc1C(=O)N1CCC(C(=O)Nc2ccccc2)CC1. The maximum absolute atomic E-state index is 12.5. The quantitative estimate of drug-likeness (QED) is 0.947. The summed E-state index contributed by atoms with van der Waals surface area (Å²) in [5.74, 6) is 0.0502. The summed E-state index contributed by atoms with van der Waals surface area (Å²) >= 11 is 0. The molecule has 0 spiro atoms. The first-order valence-corrected chi connectivity index (χ1v) is 7.91. The molecule has 0 atom stereocenters. The molecular formula is C18H21N3O2. The number of hydrogen-bond donors (Lipinski definition) is 1. The molecule has 0 radical (unpaired) electrons. The van der Waals surface area contributed by atoms with E-state index in [2.05, 4.69) is 5.32 Å². The molecule has 1 aliphatic rings. The van der Waals surface area contributed by atoms with Crippen LogP contribution in [0.1, 0.15) is 23.3 Å². The average molecular weight is 311 g/mol. The second-order valence-corrected chi connectivity index (χ2v) is 5.93. The van der Waals surface area contributed by atoms with Crippen LogP contribution in [0.3, 0.4) is 0 Å². The van der Waals surface area contributed by atoms with E-state index in [0.29, 0.717) is 31.6 Å². The predicted octanol–water partition coefficient (Wildman–Crippen LogP) is 2.52. The molecule has 120 valence electrons. The number of nitrogens with one attached hydrogen (secondary N) is 1. The summed E-state index contributed by atoms with van der Waals surface area (Å²) in [6.07, 6.45) is 3.27. The molecule has 1 aromatic heterocycles.